The minimum atomic E-state index is -0.367. The van der Waals surface area contributed by atoms with Gasteiger partial charge in [-0.2, -0.15) is 5.26 Å². The molecule has 5 heteroatoms. The third kappa shape index (κ3) is 6.88. The van der Waals surface area contributed by atoms with Crippen molar-refractivity contribution < 1.29 is 4.42 Å². The Bertz CT molecular complexity index is 3170. The molecule has 5 aromatic rings. The van der Waals surface area contributed by atoms with Gasteiger partial charge in [-0.25, -0.2) is 0 Å². The zero-order chi connectivity index (χ0) is 49.1. The number of rotatable bonds is 4. The normalized spacial score (nSPS) is 24.0. The fraction of sp³-hybridized carbons (Fsp3) is 0.453. The zero-order valence-electron chi connectivity index (χ0n) is 44.3. The Labute approximate surface area is 414 Å². The molecule has 11 rings (SSSR count). The Hall–Kier alpha value is -5.47. The lowest BCUT2D eigenvalue weighted by atomic mass is 9.31. The van der Waals surface area contributed by atoms with E-state index in [1.807, 2.05) is 0 Å². The van der Waals surface area contributed by atoms with E-state index in [-0.39, 0.29) is 45.6 Å². The van der Waals surface area contributed by atoms with Crippen molar-refractivity contribution in [2.24, 2.45) is 28.6 Å². The van der Waals surface area contributed by atoms with Crippen LogP contribution < -0.4 is 20.7 Å². The number of fused-ring (bicyclic) bond motifs is 7. The molecule has 0 spiro atoms. The van der Waals surface area contributed by atoms with Crippen LogP contribution in [-0.4, -0.2) is 6.71 Å². The molecule has 69 heavy (non-hydrogen) atoms. The largest absolute Gasteiger partial charge is 0.440 e. The Kier molecular flexibility index (Phi) is 10.2. The number of benzene rings is 4. The van der Waals surface area contributed by atoms with Crippen LogP contribution in [0.2, 0.25) is 0 Å². The third-order valence-corrected chi connectivity index (χ3v) is 18.1. The molecule has 2 aliphatic heterocycles. The summed E-state index contributed by atoms with van der Waals surface area (Å²) in [6.07, 6.45) is 10.6. The summed E-state index contributed by atoms with van der Waals surface area (Å²) in [6, 6.07) is 33.0. The van der Waals surface area contributed by atoms with E-state index >= 15 is 0 Å². The van der Waals surface area contributed by atoms with Crippen molar-refractivity contribution in [3.63, 3.8) is 0 Å². The highest BCUT2D eigenvalue weighted by molar-refractivity contribution is 6.96. The molecule has 354 valence electrons. The molecule has 0 radical (unpaired) electrons. The van der Waals surface area contributed by atoms with Gasteiger partial charge in [0.05, 0.1) is 17.7 Å². The van der Waals surface area contributed by atoms with Crippen LogP contribution in [-0.2, 0) is 16.2 Å². The van der Waals surface area contributed by atoms with E-state index in [1.54, 1.807) is 5.57 Å². The van der Waals surface area contributed by atoms with Crippen LogP contribution in [0.15, 0.2) is 129 Å². The lowest BCUT2D eigenvalue weighted by Gasteiger charge is -2.52. The van der Waals surface area contributed by atoms with Gasteiger partial charge in [-0.15, -0.1) is 0 Å². The summed E-state index contributed by atoms with van der Waals surface area (Å²) in [5, 5.41) is 12.6. The number of hydrogen-bond acceptors (Lipinski definition) is 4. The van der Waals surface area contributed by atoms with Gasteiger partial charge < -0.3 is 9.32 Å². The highest BCUT2D eigenvalue weighted by atomic mass is 16.4. The topological polar surface area (TPSA) is 43.4 Å². The van der Waals surface area contributed by atoms with Crippen molar-refractivity contribution in [3.05, 3.63) is 147 Å². The standard InChI is InChI=1S/C64H74BN3O/c1-37(2)41-21-23-51(45(30-41)40-19-17-16-18-20-40)68-53-31-42(36-66)39(4)58-57(53)65(56-46-32-43(60(5,6)7)22-24-54(46)69-59(56)68)50-34-47-48(62(10,11)26-25-61(47,8)9)35-52(50)67(58)44-29-38(3)55-49(33-44)63(12,13)27-28-64(55,14)15/h16-24,30-35,37-39,42H,25-29H2,1-15H3. The van der Waals surface area contributed by atoms with Crippen LogP contribution in [0.5, 0.6) is 0 Å². The average Bonchev–Trinajstić information content (AvgIpc) is 3.68. The third-order valence-electron chi connectivity index (χ3n) is 18.1. The maximum Gasteiger partial charge on any atom is 0.256 e. The van der Waals surface area contributed by atoms with E-state index in [0.29, 0.717) is 11.8 Å². The second kappa shape index (κ2) is 15.3. The van der Waals surface area contributed by atoms with E-state index in [1.165, 1.54) is 79.5 Å². The van der Waals surface area contributed by atoms with Crippen LogP contribution in [0.1, 0.15) is 164 Å². The van der Waals surface area contributed by atoms with Gasteiger partial charge >= 0.3 is 0 Å². The number of anilines is 3. The monoisotopic (exact) mass is 912 g/mol. The molecule has 3 atom stereocenters. The molecular formula is C64H74BN3O. The number of hydrogen-bond donors (Lipinski definition) is 0. The van der Waals surface area contributed by atoms with Gasteiger partial charge in [-0.3, -0.25) is 4.90 Å². The van der Waals surface area contributed by atoms with Crippen LogP contribution in [0.4, 0.5) is 17.3 Å². The quantitative estimate of drug-likeness (QED) is 0.169. The second-order valence-corrected chi connectivity index (χ2v) is 26.0. The highest BCUT2D eigenvalue weighted by Gasteiger charge is 2.54. The highest BCUT2D eigenvalue weighted by Crippen LogP contribution is 2.59. The SMILES string of the molecule is CC1CC(N2C3=C4B(c5cc6c(cc52)C(C)(C)CCC6(C)C)c2c(oc5ccc(C(C)(C)C)cc25)N(c2ccc(C(C)C)cc2-c2ccccc2)C4=CC(C#N)C3C)=CC2=C1C(C)(C)CCC2(C)C. The predicted octanol–water partition coefficient (Wildman–Crippen LogP) is 16.0. The van der Waals surface area contributed by atoms with Gasteiger partial charge in [0.25, 0.3) is 6.71 Å². The molecule has 0 N–H and O–H groups in total. The first kappa shape index (κ1) is 45.9. The lowest BCUT2D eigenvalue weighted by Crippen LogP contribution is -2.59. The summed E-state index contributed by atoms with van der Waals surface area (Å²) in [7, 11) is 0. The number of furan rings is 1. The van der Waals surface area contributed by atoms with Crippen molar-refractivity contribution in [1.29, 1.82) is 5.26 Å². The molecular weight excluding hydrogens is 838 g/mol. The van der Waals surface area contributed by atoms with Gasteiger partial charge in [0.2, 0.25) is 5.88 Å². The van der Waals surface area contributed by atoms with Gasteiger partial charge in [0.1, 0.15) is 5.58 Å². The lowest BCUT2D eigenvalue weighted by molar-refractivity contribution is 0.241. The van der Waals surface area contributed by atoms with Crippen molar-refractivity contribution in [1.82, 2.24) is 0 Å². The molecule has 4 nitrogen and oxygen atoms in total. The fourth-order valence-corrected chi connectivity index (χ4v) is 13.8. The second-order valence-electron chi connectivity index (χ2n) is 26.0. The van der Waals surface area contributed by atoms with Crippen molar-refractivity contribution in [3.8, 4) is 17.2 Å². The predicted molar refractivity (Wildman–Crippen MR) is 291 cm³/mol. The zero-order valence-corrected chi connectivity index (χ0v) is 44.3. The first-order valence-corrected chi connectivity index (χ1v) is 26.3. The summed E-state index contributed by atoms with van der Waals surface area (Å²) >= 11 is 0. The maximum absolute atomic E-state index is 11.5. The van der Waals surface area contributed by atoms with Crippen molar-refractivity contribution in [2.45, 2.75) is 158 Å². The summed E-state index contributed by atoms with van der Waals surface area (Å²) in [6.45, 7) is 36.0. The Morgan fingerprint density at radius 2 is 1.42 bits per heavy atom. The van der Waals surface area contributed by atoms with E-state index in [2.05, 4.69) is 211 Å². The molecule has 0 saturated carbocycles. The van der Waals surface area contributed by atoms with Gasteiger partial charge in [0, 0.05) is 45.1 Å². The molecule has 4 aromatic carbocycles. The van der Waals surface area contributed by atoms with Gasteiger partial charge in [0.15, 0.2) is 0 Å². The summed E-state index contributed by atoms with van der Waals surface area (Å²) < 4.78 is 7.44. The summed E-state index contributed by atoms with van der Waals surface area (Å²) in [5.41, 5.74) is 22.0. The maximum atomic E-state index is 11.5. The minimum Gasteiger partial charge on any atom is -0.440 e. The molecule has 0 amide bonds. The van der Waals surface area contributed by atoms with E-state index in [4.69, 9.17) is 4.42 Å². The van der Waals surface area contributed by atoms with Crippen LogP contribution in [0.3, 0.4) is 0 Å². The molecule has 0 bridgehead atoms. The van der Waals surface area contributed by atoms with E-state index < -0.39 is 0 Å². The molecule has 3 heterocycles. The molecule has 3 unspecified atom stereocenters. The smallest absolute Gasteiger partial charge is 0.256 e. The Morgan fingerprint density at radius 3 is 2.09 bits per heavy atom. The van der Waals surface area contributed by atoms with E-state index in [0.717, 1.165) is 53.2 Å². The number of nitrogens with zero attached hydrogens (tertiary/aromatic N) is 3. The molecule has 1 aromatic heterocycles. The Morgan fingerprint density at radius 1 is 0.754 bits per heavy atom. The van der Waals surface area contributed by atoms with Crippen LogP contribution >= 0.6 is 0 Å². The van der Waals surface area contributed by atoms with Gasteiger partial charge in [-0.05, 0) is 158 Å². The molecule has 6 aliphatic rings. The first-order valence-electron chi connectivity index (χ1n) is 26.3. The fourth-order valence-electron chi connectivity index (χ4n) is 13.8. The first-order chi connectivity index (χ1) is 32.4. The van der Waals surface area contributed by atoms with Crippen molar-refractivity contribution in [2.75, 3.05) is 9.80 Å². The van der Waals surface area contributed by atoms with Crippen LogP contribution in [0, 0.1) is 39.9 Å². The molecule has 4 aliphatic carbocycles. The Balaban J connectivity index is 1.31. The van der Waals surface area contributed by atoms with Crippen molar-refractivity contribution >= 4 is 45.9 Å². The molecule has 0 fully saturated rings. The van der Waals surface area contributed by atoms with Gasteiger partial charge in [-0.1, -0.05) is 158 Å². The summed E-state index contributed by atoms with van der Waals surface area (Å²) in [4.78, 5) is 5.19. The van der Waals surface area contributed by atoms with E-state index in [9.17, 15) is 5.26 Å². The number of nitriles is 1. The van der Waals surface area contributed by atoms with Crippen LogP contribution in [0.25, 0.3) is 22.1 Å². The molecule has 0 saturated heterocycles. The summed E-state index contributed by atoms with van der Waals surface area (Å²) in [5.74, 6) is 1.15. The minimum absolute atomic E-state index is 0.00395. The average molecular weight is 912 g/mol. The number of allylic oxidation sites excluding steroid dienone is 7.